The van der Waals surface area contributed by atoms with Gasteiger partial charge in [0.25, 0.3) is 5.69 Å². The average Bonchev–Trinajstić information content (AvgIpc) is 2.82. The number of ether oxygens (including phenoxy) is 1. The summed E-state index contributed by atoms with van der Waals surface area (Å²) in [6, 6.07) is 10.0. The van der Waals surface area contributed by atoms with E-state index >= 15 is 0 Å². The molecule has 1 N–H and O–H groups in total. The number of sulfonamides is 1. The van der Waals surface area contributed by atoms with Crippen LogP contribution in [0.25, 0.3) is 0 Å². The van der Waals surface area contributed by atoms with Crippen LogP contribution < -0.4 is 14.4 Å². The minimum atomic E-state index is -4.08. The zero-order chi connectivity index (χ0) is 26.3. The first-order chi connectivity index (χ1) is 16.4. The number of carbonyl (C=O) groups excluding carboxylic acids is 2. The highest BCUT2D eigenvalue weighted by Crippen LogP contribution is 2.34. The molecule has 2 rings (SSSR count). The molecule has 0 aliphatic carbocycles. The predicted octanol–water partition coefficient (Wildman–Crippen LogP) is 2.23. The van der Waals surface area contributed by atoms with Crippen molar-refractivity contribution in [3.63, 3.8) is 0 Å². The van der Waals surface area contributed by atoms with E-state index < -0.39 is 39.3 Å². The van der Waals surface area contributed by atoms with Crippen LogP contribution in [0, 0.1) is 17.0 Å². The summed E-state index contributed by atoms with van der Waals surface area (Å²) in [5.74, 6) is -1.01. The first-order valence-corrected chi connectivity index (χ1v) is 12.6. The lowest BCUT2D eigenvalue weighted by atomic mass is 10.1. The Morgan fingerprint density at radius 2 is 1.80 bits per heavy atom. The fourth-order valence-electron chi connectivity index (χ4n) is 3.56. The number of rotatable bonds is 11. The van der Waals surface area contributed by atoms with Gasteiger partial charge in [-0.25, -0.2) is 8.42 Å². The molecule has 0 aromatic heterocycles. The topological polar surface area (TPSA) is 139 Å². The van der Waals surface area contributed by atoms with Gasteiger partial charge in [-0.15, -0.1) is 0 Å². The number of hydrogen-bond donors (Lipinski definition) is 1. The predicted molar refractivity (Wildman–Crippen MR) is 132 cm³/mol. The summed E-state index contributed by atoms with van der Waals surface area (Å²) in [6.45, 7) is 3.04. The Balaban J connectivity index is 2.54. The lowest BCUT2D eigenvalue weighted by molar-refractivity contribution is -0.384. The minimum absolute atomic E-state index is 0.0391. The molecule has 0 saturated carbocycles. The Hall–Kier alpha value is -3.67. The molecule has 2 aromatic rings. The molecular formula is C23H30N4O7S. The summed E-state index contributed by atoms with van der Waals surface area (Å²) in [5.41, 5.74) is 1.26. The number of amides is 2. The maximum Gasteiger partial charge on any atom is 0.271 e. The molecule has 0 bridgehead atoms. The third-order valence-electron chi connectivity index (χ3n) is 5.43. The molecule has 0 unspecified atom stereocenters. The second-order valence-corrected chi connectivity index (χ2v) is 9.84. The van der Waals surface area contributed by atoms with Crippen molar-refractivity contribution in [3.8, 4) is 5.75 Å². The number of non-ortho nitro benzene ring substituents is 1. The normalized spacial score (nSPS) is 11.9. The van der Waals surface area contributed by atoms with Gasteiger partial charge < -0.3 is 15.0 Å². The van der Waals surface area contributed by atoms with Gasteiger partial charge in [-0.1, -0.05) is 36.8 Å². The van der Waals surface area contributed by atoms with Crippen molar-refractivity contribution in [2.45, 2.75) is 32.9 Å². The zero-order valence-electron chi connectivity index (χ0n) is 20.3. The second-order valence-electron chi connectivity index (χ2n) is 7.93. The summed E-state index contributed by atoms with van der Waals surface area (Å²) in [7, 11) is -1.33. The maximum absolute atomic E-state index is 13.5. The molecular weight excluding hydrogens is 476 g/mol. The summed E-state index contributed by atoms with van der Waals surface area (Å²) in [5, 5.41) is 13.8. The van der Waals surface area contributed by atoms with Gasteiger partial charge in [-0.05, 0) is 25.0 Å². The molecule has 0 fully saturated rings. The van der Waals surface area contributed by atoms with Crippen LogP contribution in [0.1, 0.15) is 24.5 Å². The molecule has 0 aliphatic rings. The van der Waals surface area contributed by atoms with Gasteiger partial charge in [0.1, 0.15) is 24.0 Å². The van der Waals surface area contributed by atoms with Crippen molar-refractivity contribution < 1.29 is 27.7 Å². The Morgan fingerprint density at radius 3 is 2.29 bits per heavy atom. The summed E-state index contributed by atoms with van der Waals surface area (Å²) in [6.07, 6.45) is 1.18. The van der Waals surface area contributed by atoms with Crippen LogP contribution in [0.2, 0.25) is 0 Å². The fraction of sp³-hybridized carbons (Fsp3) is 0.391. The monoisotopic (exact) mass is 506 g/mol. The summed E-state index contributed by atoms with van der Waals surface area (Å²) >= 11 is 0. The van der Waals surface area contributed by atoms with Crippen LogP contribution in [-0.4, -0.2) is 63.1 Å². The maximum atomic E-state index is 13.5. The lowest BCUT2D eigenvalue weighted by Gasteiger charge is -2.32. The molecule has 35 heavy (non-hydrogen) atoms. The summed E-state index contributed by atoms with van der Waals surface area (Å²) in [4.78, 5) is 38.1. The number of nitrogens with zero attached hydrogens (tertiary/aromatic N) is 3. The van der Waals surface area contributed by atoms with Gasteiger partial charge in [0.15, 0.2) is 0 Å². The highest BCUT2D eigenvalue weighted by molar-refractivity contribution is 7.92. The van der Waals surface area contributed by atoms with Crippen LogP contribution >= 0.6 is 0 Å². The lowest BCUT2D eigenvalue weighted by Crippen LogP contribution is -2.51. The van der Waals surface area contributed by atoms with Crippen LogP contribution in [0.3, 0.4) is 0 Å². The van der Waals surface area contributed by atoms with Crippen LogP contribution in [0.4, 0.5) is 11.4 Å². The number of nitro groups is 1. The van der Waals surface area contributed by atoms with Crippen molar-refractivity contribution >= 4 is 33.2 Å². The third kappa shape index (κ3) is 6.92. The number of methoxy groups -OCH3 is 1. The van der Waals surface area contributed by atoms with Crippen LogP contribution in [-0.2, 0) is 26.2 Å². The molecule has 2 amide bonds. The van der Waals surface area contributed by atoms with E-state index in [1.54, 1.807) is 6.92 Å². The number of nitrogens with one attached hydrogen (secondary N) is 1. The Labute approximate surface area is 204 Å². The van der Waals surface area contributed by atoms with Crippen molar-refractivity contribution in [1.29, 1.82) is 0 Å². The van der Waals surface area contributed by atoms with E-state index in [2.05, 4.69) is 5.32 Å². The first kappa shape index (κ1) is 27.6. The SMILES string of the molecule is CC[C@H](C(=O)NC)N(Cc1ccc(C)cc1)C(=O)CN(c1cc([N+](=O)[O-])ccc1OC)S(C)(=O)=O. The molecule has 12 heteroatoms. The molecule has 0 spiro atoms. The van der Waals surface area contributed by atoms with Gasteiger partial charge in [0.05, 0.1) is 18.3 Å². The average molecular weight is 507 g/mol. The van der Waals surface area contributed by atoms with Gasteiger partial charge in [0, 0.05) is 25.7 Å². The van der Waals surface area contributed by atoms with E-state index in [1.807, 2.05) is 31.2 Å². The molecule has 0 saturated heterocycles. The molecule has 0 radical (unpaired) electrons. The zero-order valence-corrected chi connectivity index (χ0v) is 21.2. The van der Waals surface area contributed by atoms with E-state index in [4.69, 9.17) is 4.74 Å². The molecule has 0 aliphatic heterocycles. The Kier molecular flexibility index (Phi) is 9.18. The van der Waals surface area contributed by atoms with Gasteiger partial charge >= 0.3 is 0 Å². The summed E-state index contributed by atoms with van der Waals surface area (Å²) < 4.78 is 31.4. The molecule has 11 nitrogen and oxygen atoms in total. The van der Waals surface area contributed by atoms with E-state index in [1.165, 1.54) is 31.2 Å². The van der Waals surface area contributed by atoms with Crippen LogP contribution in [0.5, 0.6) is 5.75 Å². The van der Waals surface area contributed by atoms with Crippen molar-refractivity contribution in [3.05, 3.63) is 63.7 Å². The highest BCUT2D eigenvalue weighted by Gasteiger charge is 2.32. The number of nitro benzene ring substituents is 1. The second kappa shape index (κ2) is 11.6. The largest absolute Gasteiger partial charge is 0.495 e. The molecule has 2 aromatic carbocycles. The quantitative estimate of drug-likeness (QED) is 0.364. The third-order valence-corrected chi connectivity index (χ3v) is 6.55. The number of hydrogen-bond acceptors (Lipinski definition) is 7. The molecule has 190 valence electrons. The Morgan fingerprint density at radius 1 is 1.17 bits per heavy atom. The van der Waals surface area contributed by atoms with E-state index in [0.717, 1.165) is 27.8 Å². The smallest absolute Gasteiger partial charge is 0.271 e. The van der Waals surface area contributed by atoms with Gasteiger partial charge in [-0.2, -0.15) is 0 Å². The number of anilines is 1. The minimum Gasteiger partial charge on any atom is -0.495 e. The van der Waals surface area contributed by atoms with E-state index in [9.17, 15) is 28.1 Å². The van der Waals surface area contributed by atoms with Crippen molar-refractivity contribution in [2.75, 3.05) is 31.3 Å². The van der Waals surface area contributed by atoms with Crippen molar-refractivity contribution in [2.24, 2.45) is 0 Å². The van der Waals surface area contributed by atoms with Crippen LogP contribution in [0.15, 0.2) is 42.5 Å². The standard InChI is InChI=1S/C23H30N4O7S/c1-6-19(23(29)24-3)25(14-17-9-7-16(2)8-10-17)22(28)15-26(35(5,32)33)20-13-18(27(30)31)11-12-21(20)34-4/h7-13,19H,6,14-15H2,1-5H3,(H,24,29)/t19-/m1/s1. The van der Waals surface area contributed by atoms with E-state index in [-0.39, 0.29) is 30.1 Å². The van der Waals surface area contributed by atoms with Gasteiger partial charge in [-0.3, -0.25) is 24.0 Å². The molecule has 1 atom stereocenters. The fourth-order valence-corrected chi connectivity index (χ4v) is 4.40. The number of benzene rings is 2. The Bertz CT molecular complexity index is 1180. The highest BCUT2D eigenvalue weighted by atomic mass is 32.2. The first-order valence-electron chi connectivity index (χ1n) is 10.8. The van der Waals surface area contributed by atoms with Crippen molar-refractivity contribution in [1.82, 2.24) is 10.2 Å². The van der Waals surface area contributed by atoms with Gasteiger partial charge in [0.2, 0.25) is 21.8 Å². The molecule has 0 heterocycles. The number of carbonyl (C=O) groups is 2. The van der Waals surface area contributed by atoms with E-state index in [0.29, 0.717) is 0 Å². The number of likely N-dealkylation sites (N-methyl/N-ethyl adjacent to an activating group) is 1. The number of aryl methyl sites for hydroxylation is 1.